The van der Waals surface area contributed by atoms with E-state index < -0.39 is 0 Å². The zero-order valence-electron chi connectivity index (χ0n) is 13.0. The number of piperazine rings is 1. The second kappa shape index (κ2) is 6.16. The van der Waals surface area contributed by atoms with Gasteiger partial charge >= 0.3 is 0 Å². The topological polar surface area (TPSA) is 26.8 Å². The highest BCUT2D eigenvalue weighted by Crippen LogP contribution is 2.33. The van der Waals surface area contributed by atoms with E-state index in [1.807, 2.05) is 6.07 Å². The van der Waals surface area contributed by atoms with Crippen LogP contribution in [0.5, 0.6) is 0 Å². The van der Waals surface area contributed by atoms with E-state index in [2.05, 4.69) is 53.1 Å². The predicted molar refractivity (Wildman–Crippen MR) is 84.2 cm³/mol. The lowest BCUT2D eigenvalue weighted by atomic mass is 9.88. The van der Waals surface area contributed by atoms with Gasteiger partial charge in [-0.2, -0.15) is 0 Å². The first-order valence-electron chi connectivity index (χ1n) is 7.86. The van der Waals surface area contributed by atoms with Crippen molar-refractivity contribution in [3.8, 4) is 0 Å². The van der Waals surface area contributed by atoms with Crippen molar-refractivity contribution in [1.82, 2.24) is 14.7 Å². The molecule has 21 heavy (non-hydrogen) atoms. The lowest BCUT2D eigenvalue weighted by molar-refractivity contribution is -0.137. The fraction of sp³-hybridized carbons (Fsp3) is 0.588. The molecule has 0 bridgehead atoms. The largest absolute Gasteiger partial charge is 0.340 e. The first-order valence-corrected chi connectivity index (χ1v) is 7.86. The van der Waals surface area contributed by atoms with Crippen molar-refractivity contribution in [2.75, 3.05) is 53.4 Å². The highest BCUT2D eigenvalue weighted by Gasteiger charge is 2.39. The van der Waals surface area contributed by atoms with Crippen molar-refractivity contribution in [2.24, 2.45) is 5.92 Å². The number of nitrogens with zero attached hydrogens (tertiary/aromatic N) is 3. The Morgan fingerprint density at radius 2 is 1.62 bits per heavy atom. The molecular formula is C17H25N3O. The SMILES string of the molecule is CN1CCN(C(=O)C2CN(C)CC2c2ccccc2)CC1. The van der Waals surface area contributed by atoms with Crippen LogP contribution in [0.25, 0.3) is 0 Å². The van der Waals surface area contributed by atoms with E-state index >= 15 is 0 Å². The summed E-state index contributed by atoms with van der Waals surface area (Å²) in [4.78, 5) is 19.6. The van der Waals surface area contributed by atoms with Gasteiger partial charge in [-0.3, -0.25) is 4.79 Å². The van der Waals surface area contributed by atoms with Crippen LogP contribution in [0.15, 0.2) is 30.3 Å². The lowest BCUT2D eigenvalue weighted by Crippen LogP contribution is -2.49. The van der Waals surface area contributed by atoms with E-state index in [4.69, 9.17) is 0 Å². The number of benzene rings is 1. The molecule has 2 atom stereocenters. The average molecular weight is 287 g/mol. The van der Waals surface area contributed by atoms with Crippen LogP contribution in [0, 0.1) is 5.92 Å². The van der Waals surface area contributed by atoms with Crippen LogP contribution in [-0.2, 0) is 4.79 Å². The van der Waals surface area contributed by atoms with Gasteiger partial charge in [0.25, 0.3) is 0 Å². The summed E-state index contributed by atoms with van der Waals surface area (Å²) in [5.74, 6) is 0.797. The maximum Gasteiger partial charge on any atom is 0.227 e. The Kier molecular flexibility index (Phi) is 4.27. The van der Waals surface area contributed by atoms with Crippen LogP contribution >= 0.6 is 0 Å². The third-order valence-electron chi connectivity index (χ3n) is 4.86. The monoisotopic (exact) mass is 287 g/mol. The van der Waals surface area contributed by atoms with Crippen molar-refractivity contribution >= 4 is 5.91 Å². The van der Waals surface area contributed by atoms with Crippen LogP contribution in [0.2, 0.25) is 0 Å². The summed E-state index contributed by atoms with van der Waals surface area (Å²) in [5, 5.41) is 0. The van der Waals surface area contributed by atoms with Crippen LogP contribution in [0.1, 0.15) is 11.5 Å². The molecule has 1 aromatic carbocycles. The fourth-order valence-electron chi connectivity index (χ4n) is 3.55. The van der Waals surface area contributed by atoms with Gasteiger partial charge in [-0.15, -0.1) is 0 Å². The van der Waals surface area contributed by atoms with Gasteiger partial charge in [0.2, 0.25) is 5.91 Å². The van der Waals surface area contributed by atoms with Gasteiger partial charge in [0.05, 0.1) is 5.92 Å². The summed E-state index contributed by atoms with van der Waals surface area (Å²) in [6.45, 7) is 5.58. The Labute approximate surface area is 127 Å². The standard InChI is InChI=1S/C17H25N3O/c1-18-8-10-20(11-9-18)17(21)16-13-19(2)12-15(16)14-6-4-3-5-7-14/h3-7,15-16H,8-13H2,1-2H3. The molecule has 2 aliphatic heterocycles. The first kappa shape index (κ1) is 14.5. The maximum atomic E-state index is 12.9. The van der Waals surface area contributed by atoms with Gasteiger partial charge in [0.1, 0.15) is 0 Å². The molecule has 4 heteroatoms. The number of rotatable bonds is 2. The Hall–Kier alpha value is -1.39. The molecule has 2 fully saturated rings. The van der Waals surface area contributed by atoms with E-state index in [0.717, 1.165) is 39.3 Å². The van der Waals surface area contributed by atoms with Crippen LogP contribution in [-0.4, -0.2) is 74.0 Å². The van der Waals surface area contributed by atoms with Crippen LogP contribution in [0.3, 0.4) is 0 Å². The van der Waals surface area contributed by atoms with Gasteiger partial charge < -0.3 is 14.7 Å². The first-order chi connectivity index (χ1) is 10.1. The van der Waals surface area contributed by atoms with Crippen molar-refractivity contribution in [1.29, 1.82) is 0 Å². The molecule has 2 saturated heterocycles. The Morgan fingerprint density at radius 3 is 2.29 bits per heavy atom. The Balaban J connectivity index is 1.74. The predicted octanol–water partition coefficient (Wildman–Crippen LogP) is 1.11. The zero-order chi connectivity index (χ0) is 14.8. The molecule has 2 heterocycles. The molecule has 1 amide bonds. The summed E-state index contributed by atoms with van der Waals surface area (Å²) in [5.41, 5.74) is 1.30. The maximum absolute atomic E-state index is 12.9. The number of likely N-dealkylation sites (N-methyl/N-ethyl adjacent to an activating group) is 2. The highest BCUT2D eigenvalue weighted by molar-refractivity contribution is 5.80. The van der Waals surface area contributed by atoms with Gasteiger partial charge in [-0.25, -0.2) is 0 Å². The number of likely N-dealkylation sites (tertiary alicyclic amines) is 1. The summed E-state index contributed by atoms with van der Waals surface area (Å²) in [7, 11) is 4.24. The molecule has 0 spiro atoms. The molecule has 0 aliphatic carbocycles. The van der Waals surface area contributed by atoms with Gasteiger partial charge in [0.15, 0.2) is 0 Å². The molecule has 0 saturated carbocycles. The summed E-state index contributed by atoms with van der Waals surface area (Å²) in [6, 6.07) is 10.5. The number of amides is 1. The van der Waals surface area contributed by atoms with Crippen LogP contribution < -0.4 is 0 Å². The summed E-state index contributed by atoms with van der Waals surface area (Å²) < 4.78 is 0. The fourth-order valence-corrected chi connectivity index (χ4v) is 3.55. The number of hydrogen-bond donors (Lipinski definition) is 0. The molecule has 114 valence electrons. The van der Waals surface area contributed by atoms with Crippen LogP contribution in [0.4, 0.5) is 0 Å². The van der Waals surface area contributed by atoms with Crippen molar-refractivity contribution < 1.29 is 4.79 Å². The molecule has 2 aliphatic rings. The third kappa shape index (κ3) is 3.11. The van der Waals surface area contributed by atoms with Gasteiger partial charge in [-0.05, 0) is 19.7 Å². The van der Waals surface area contributed by atoms with E-state index in [1.165, 1.54) is 5.56 Å². The average Bonchev–Trinajstić information content (AvgIpc) is 2.90. The molecule has 3 rings (SSSR count). The zero-order valence-corrected chi connectivity index (χ0v) is 13.0. The minimum atomic E-state index is 0.112. The smallest absolute Gasteiger partial charge is 0.227 e. The molecule has 4 nitrogen and oxygen atoms in total. The second-order valence-electron chi connectivity index (χ2n) is 6.47. The van der Waals surface area contributed by atoms with E-state index in [9.17, 15) is 4.79 Å². The number of carbonyl (C=O) groups is 1. The summed E-state index contributed by atoms with van der Waals surface area (Å²) >= 11 is 0. The molecule has 0 aromatic heterocycles. The van der Waals surface area contributed by atoms with Crippen molar-refractivity contribution in [3.05, 3.63) is 35.9 Å². The molecule has 1 aromatic rings. The summed E-state index contributed by atoms with van der Waals surface area (Å²) in [6.07, 6.45) is 0. The van der Waals surface area contributed by atoms with E-state index in [1.54, 1.807) is 0 Å². The Bertz CT molecular complexity index is 482. The van der Waals surface area contributed by atoms with Gasteiger partial charge in [-0.1, -0.05) is 30.3 Å². The molecule has 2 unspecified atom stereocenters. The lowest BCUT2D eigenvalue weighted by Gasteiger charge is -2.35. The van der Waals surface area contributed by atoms with E-state index in [-0.39, 0.29) is 5.92 Å². The molecule has 0 radical (unpaired) electrons. The highest BCUT2D eigenvalue weighted by atomic mass is 16.2. The minimum Gasteiger partial charge on any atom is -0.340 e. The second-order valence-corrected chi connectivity index (χ2v) is 6.47. The van der Waals surface area contributed by atoms with Crippen molar-refractivity contribution in [3.63, 3.8) is 0 Å². The van der Waals surface area contributed by atoms with Gasteiger partial charge in [0, 0.05) is 45.2 Å². The number of hydrogen-bond acceptors (Lipinski definition) is 3. The number of carbonyl (C=O) groups excluding carboxylic acids is 1. The quantitative estimate of drug-likeness (QED) is 0.815. The normalized spacial score (nSPS) is 28.0. The molecule has 0 N–H and O–H groups in total. The van der Waals surface area contributed by atoms with E-state index in [0.29, 0.717) is 11.8 Å². The third-order valence-corrected chi connectivity index (χ3v) is 4.86. The van der Waals surface area contributed by atoms with Crippen molar-refractivity contribution in [2.45, 2.75) is 5.92 Å². The Morgan fingerprint density at radius 1 is 0.952 bits per heavy atom. The minimum absolute atomic E-state index is 0.112. The molecular weight excluding hydrogens is 262 g/mol.